The summed E-state index contributed by atoms with van der Waals surface area (Å²) in [6.07, 6.45) is 0. The first-order valence-electron chi connectivity index (χ1n) is 7.47. The number of sulfone groups is 1. The van der Waals surface area contributed by atoms with Gasteiger partial charge in [0.15, 0.2) is 9.84 Å². The monoisotopic (exact) mass is 375 g/mol. The van der Waals surface area contributed by atoms with Crippen LogP contribution in [0.4, 0.5) is 5.69 Å². The molecule has 1 unspecified atom stereocenters. The first-order chi connectivity index (χ1) is 11.9. The van der Waals surface area contributed by atoms with Gasteiger partial charge in [0.05, 0.1) is 20.9 Å². The van der Waals surface area contributed by atoms with Crippen LogP contribution in [0.1, 0.15) is 10.9 Å². The number of halogens is 1. The number of hydrogen-bond donors (Lipinski definition) is 0. The first kappa shape index (κ1) is 17.4. The molecule has 7 heteroatoms. The summed E-state index contributed by atoms with van der Waals surface area (Å²) in [5, 5.41) is 12.0. The van der Waals surface area contributed by atoms with Crippen LogP contribution in [0.15, 0.2) is 71.6 Å². The van der Waals surface area contributed by atoms with Crippen LogP contribution >= 0.6 is 11.6 Å². The van der Waals surface area contributed by atoms with Crippen molar-refractivity contribution in [3.05, 3.63) is 82.4 Å². The summed E-state index contributed by atoms with van der Waals surface area (Å²) in [6.45, 7) is 0. The molecular formula is C18H14ClNO4S. The Labute approximate surface area is 149 Å². The molecule has 0 aliphatic heterocycles. The van der Waals surface area contributed by atoms with E-state index in [-0.39, 0.29) is 16.3 Å². The summed E-state index contributed by atoms with van der Waals surface area (Å²) >= 11 is 6.34. The molecule has 3 aromatic rings. The van der Waals surface area contributed by atoms with Crippen LogP contribution < -0.4 is 0 Å². The fraction of sp³-hybridized carbons (Fsp3) is 0.111. The fourth-order valence-electron chi connectivity index (χ4n) is 2.56. The van der Waals surface area contributed by atoms with Gasteiger partial charge in [0, 0.05) is 12.1 Å². The molecule has 128 valence electrons. The molecule has 0 saturated heterocycles. The summed E-state index contributed by atoms with van der Waals surface area (Å²) in [5.41, 5.74) is 0.557. The van der Waals surface area contributed by atoms with Gasteiger partial charge < -0.3 is 0 Å². The van der Waals surface area contributed by atoms with Gasteiger partial charge in [0.25, 0.3) is 5.69 Å². The van der Waals surface area contributed by atoms with Crippen LogP contribution in [0, 0.1) is 10.1 Å². The Kier molecular flexibility index (Phi) is 4.74. The van der Waals surface area contributed by atoms with Gasteiger partial charge in [-0.2, -0.15) is 0 Å². The summed E-state index contributed by atoms with van der Waals surface area (Å²) in [4.78, 5) is 10.1. The zero-order valence-corrected chi connectivity index (χ0v) is 14.6. The highest BCUT2D eigenvalue weighted by atomic mass is 35.5. The van der Waals surface area contributed by atoms with Crippen LogP contribution in [0.2, 0.25) is 0 Å². The molecule has 0 aromatic heterocycles. The fourth-order valence-corrected chi connectivity index (χ4v) is 4.52. The Morgan fingerprint density at radius 2 is 1.60 bits per heavy atom. The quantitative estimate of drug-likeness (QED) is 0.373. The number of fused-ring (bicyclic) bond motifs is 1. The number of benzene rings is 3. The maximum Gasteiger partial charge on any atom is 0.269 e. The van der Waals surface area contributed by atoms with E-state index in [0.29, 0.717) is 5.56 Å². The molecule has 0 saturated carbocycles. The van der Waals surface area contributed by atoms with E-state index in [1.54, 1.807) is 0 Å². The van der Waals surface area contributed by atoms with E-state index in [0.717, 1.165) is 10.8 Å². The molecule has 0 spiro atoms. The minimum Gasteiger partial charge on any atom is -0.258 e. The SMILES string of the molecule is O=[N+]([O-])c1ccc(S(=O)(=O)CC(Cl)c2ccc3ccccc3c2)cc1. The summed E-state index contributed by atoms with van der Waals surface area (Å²) in [7, 11) is -3.66. The van der Waals surface area contributed by atoms with Crippen molar-refractivity contribution in [2.75, 3.05) is 5.75 Å². The minimum absolute atomic E-state index is 0.0181. The summed E-state index contributed by atoms with van der Waals surface area (Å²) in [5.74, 6) is -0.287. The highest BCUT2D eigenvalue weighted by Crippen LogP contribution is 2.28. The maximum atomic E-state index is 12.5. The van der Waals surface area contributed by atoms with Gasteiger partial charge >= 0.3 is 0 Å². The first-order valence-corrected chi connectivity index (χ1v) is 9.56. The Balaban J connectivity index is 1.84. The number of rotatable bonds is 5. The number of alkyl halides is 1. The average molecular weight is 376 g/mol. The Hall–Kier alpha value is -2.44. The molecule has 0 amide bonds. The third-order valence-corrected chi connectivity index (χ3v) is 6.26. The molecule has 25 heavy (non-hydrogen) atoms. The van der Waals surface area contributed by atoms with Crippen molar-refractivity contribution in [1.82, 2.24) is 0 Å². The van der Waals surface area contributed by atoms with Gasteiger partial charge in [-0.3, -0.25) is 10.1 Å². The smallest absolute Gasteiger partial charge is 0.258 e. The molecule has 3 aromatic carbocycles. The lowest BCUT2D eigenvalue weighted by atomic mass is 10.1. The summed E-state index contributed by atoms with van der Waals surface area (Å²) in [6, 6.07) is 18.1. The largest absolute Gasteiger partial charge is 0.269 e. The standard InChI is InChI=1S/C18H14ClNO4S/c19-18(15-6-5-13-3-1-2-4-14(13)11-15)12-25(23,24)17-9-7-16(8-10-17)20(21)22/h1-11,18H,12H2. The number of nitrogens with zero attached hydrogens (tertiary/aromatic N) is 1. The molecule has 0 radical (unpaired) electrons. The van der Waals surface area contributed by atoms with Crippen molar-refractivity contribution < 1.29 is 13.3 Å². The molecule has 0 bridgehead atoms. The molecular weight excluding hydrogens is 362 g/mol. The van der Waals surface area contributed by atoms with Crippen LogP contribution in [0.5, 0.6) is 0 Å². The number of non-ortho nitro benzene ring substituents is 1. The van der Waals surface area contributed by atoms with E-state index in [1.807, 2.05) is 42.5 Å². The maximum absolute atomic E-state index is 12.5. The number of nitro groups is 1. The van der Waals surface area contributed by atoms with Crippen molar-refractivity contribution in [3.63, 3.8) is 0 Å². The van der Waals surface area contributed by atoms with Gasteiger partial charge in [0.1, 0.15) is 0 Å². The highest BCUT2D eigenvalue weighted by Gasteiger charge is 2.22. The van der Waals surface area contributed by atoms with Crippen LogP contribution in [-0.2, 0) is 9.84 Å². The lowest BCUT2D eigenvalue weighted by molar-refractivity contribution is -0.384. The molecule has 3 rings (SSSR count). The van der Waals surface area contributed by atoms with E-state index < -0.39 is 20.1 Å². The topological polar surface area (TPSA) is 77.3 Å². The van der Waals surface area contributed by atoms with Gasteiger partial charge in [-0.25, -0.2) is 8.42 Å². The lowest BCUT2D eigenvalue weighted by Crippen LogP contribution is -2.11. The number of hydrogen-bond acceptors (Lipinski definition) is 4. The zero-order chi connectivity index (χ0) is 18.0. The van der Waals surface area contributed by atoms with E-state index in [4.69, 9.17) is 11.6 Å². The van der Waals surface area contributed by atoms with Crippen molar-refractivity contribution >= 4 is 37.9 Å². The Morgan fingerprint density at radius 1 is 0.960 bits per heavy atom. The normalized spacial score (nSPS) is 12.8. The molecule has 0 N–H and O–H groups in total. The number of nitro benzene ring substituents is 1. The van der Waals surface area contributed by atoms with Crippen molar-refractivity contribution in [2.24, 2.45) is 0 Å². The van der Waals surface area contributed by atoms with Crippen LogP contribution in [0.3, 0.4) is 0 Å². The predicted molar refractivity (Wildman–Crippen MR) is 97.7 cm³/mol. The zero-order valence-electron chi connectivity index (χ0n) is 13.0. The molecule has 0 aliphatic rings. The van der Waals surface area contributed by atoms with Crippen molar-refractivity contribution in [2.45, 2.75) is 10.3 Å². The van der Waals surface area contributed by atoms with Gasteiger partial charge in [-0.1, -0.05) is 36.4 Å². The minimum atomic E-state index is -3.66. The van der Waals surface area contributed by atoms with Crippen LogP contribution in [-0.4, -0.2) is 19.1 Å². The Bertz CT molecular complexity index is 1030. The highest BCUT2D eigenvalue weighted by molar-refractivity contribution is 7.91. The van der Waals surface area contributed by atoms with E-state index >= 15 is 0 Å². The Morgan fingerprint density at radius 3 is 2.24 bits per heavy atom. The third kappa shape index (κ3) is 3.81. The van der Waals surface area contributed by atoms with Crippen molar-refractivity contribution in [3.8, 4) is 0 Å². The van der Waals surface area contributed by atoms with E-state index in [1.165, 1.54) is 24.3 Å². The second-order valence-corrected chi connectivity index (χ2v) is 8.17. The van der Waals surface area contributed by atoms with Gasteiger partial charge in [-0.15, -0.1) is 11.6 Å². The second kappa shape index (κ2) is 6.82. The van der Waals surface area contributed by atoms with Crippen LogP contribution in [0.25, 0.3) is 10.8 Å². The summed E-state index contributed by atoms with van der Waals surface area (Å²) < 4.78 is 25.0. The average Bonchev–Trinajstić information content (AvgIpc) is 2.61. The predicted octanol–water partition coefficient (Wildman–Crippen LogP) is 4.50. The molecule has 0 fully saturated rings. The van der Waals surface area contributed by atoms with E-state index in [9.17, 15) is 18.5 Å². The van der Waals surface area contributed by atoms with Crippen molar-refractivity contribution in [1.29, 1.82) is 0 Å². The molecule has 0 heterocycles. The molecule has 0 aliphatic carbocycles. The van der Waals surface area contributed by atoms with E-state index in [2.05, 4.69) is 0 Å². The second-order valence-electron chi connectivity index (χ2n) is 5.61. The van der Waals surface area contributed by atoms with Gasteiger partial charge in [0.2, 0.25) is 0 Å². The third-order valence-electron chi connectivity index (χ3n) is 3.91. The van der Waals surface area contributed by atoms with Gasteiger partial charge in [-0.05, 0) is 34.5 Å². The molecule has 1 atom stereocenters. The lowest BCUT2D eigenvalue weighted by Gasteiger charge is -2.12. The molecule has 5 nitrogen and oxygen atoms in total.